The molecule has 0 aromatic rings. The first-order valence-electron chi connectivity index (χ1n) is 8.04. The van der Waals surface area contributed by atoms with Crippen LogP contribution in [0.15, 0.2) is 0 Å². The minimum atomic E-state index is 0.343. The van der Waals surface area contributed by atoms with Crippen molar-refractivity contribution in [2.24, 2.45) is 11.8 Å². The Hall–Kier alpha value is -0.610. The molecule has 2 unspecified atom stereocenters. The SMILES string of the molecule is O=C(CN1CCC2CCCCC2C1)N1CCNCC1. The molecule has 0 bridgehead atoms. The Kier molecular flexibility index (Phi) is 4.38. The van der Waals surface area contributed by atoms with Gasteiger partial charge >= 0.3 is 0 Å². The maximum Gasteiger partial charge on any atom is 0.236 e. The summed E-state index contributed by atoms with van der Waals surface area (Å²) in [6, 6.07) is 0. The molecule has 4 heteroatoms. The van der Waals surface area contributed by atoms with E-state index in [1.807, 2.05) is 4.90 Å². The summed E-state index contributed by atoms with van der Waals surface area (Å²) < 4.78 is 0. The maximum atomic E-state index is 12.3. The normalized spacial score (nSPS) is 32.9. The lowest BCUT2D eigenvalue weighted by atomic mass is 9.75. The van der Waals surface area contributed by atoms with Crippen LogP contribution in [0.2, 0.25) is 0 Å². The number of amides is 1. The Labute approximate surface area is 116 Å². The zero-order valence-corrected chi connectivity index (χ0v) is 11.9. The minimum Gasteiger partial charge on any atom is -0.339 e. The van der Waals surface area contributed by atoms with Crippen LogP contribution in [-0.4, -0.2) is 61.5 Å². The highest BCUT2D eigenvalue weighted by Gasteiger charge is 2.32. The van der Waals surface area contributed by atoms with Gasteiger partial charge in [0.15, 0.2) is 0 Å². The second kappa shape index (κ2) is 6.23. The van der Waals surface area contributed by atoms with Gasteiger partial charge in [0.2, 0.25) is 5.91 Å². The molecule has 1 amide bonds. The van der Waals surface area contributed by atoms with E-state index >= 15 is 0 Å². The third-order valence-corrected chi connectivity index (χ3v) is 5.20. The van der Waals surface area contributed by atoms with E-state index < -0.39 is 0 Å². The van der Waals surface area contributed by atoms with Gasteiger partial charge in [-0.3, -0.25) is 9.69 Å². The molecule has 3 rings (SSSR count). The van der Waals surface area contributed by atoms with Crippen LogP contribution >= 0.6 is 0 Å². The van der Waals surface area contributed by atoms with Gasteiger partial charge < -0.3 is 10.2 Å². The van der Waals surface area contributed by atoms with Crippen molar-refractivity contribution >= 4 is 5.91 Å². The molecular weight excluding hydrogens is 238 g/mol. The Balaban J connectivity index is 1.48. The van der Waals surface area contributed by atoms with Gasteiger partial charge in [-0.1, -0.05) is 19.3 Å². The van der Waals surface area contributed by atoms with E-state index in [1.54, 1.807) is 0 Å². The number of piperazine rings is 1. The summed E-state index contributed by atoms with van der Waals surface area (Å²) in [5.41, 5.74) is 0. The van der Waals surface area contributed by atoms with Crippen molar-refractivity contribution in [1.29, 1.82) is 0 Å². The second-order valence-corrected chi connectivity index (χ2v) is 6.46. The molecule has 1 saturated carbocycles. The molecule has 1 N–H and O–H groups in total. The van der Waals surface area contributed by atoms with Gasteiger partial charge in [-0.2, -0.15) is 0 Å². The zero-order chi connectivity index (χ0) is 13.1. The van der Waals surface area contributed by atoms with E-state index in [9.17, 15) is 4.79 Å². The zero-order valence-electron chi connectivity index (χ0n) is 11.9. The number of hydrogen-bond donors (Lipinski definition) is 1. The van der Waals surface area contributed by atoms with Crippen LogP contribution in [0.3, 0.4) is 0 Å². The van der Waals surface area contributed by atoms with Crippen LogP contribution in [0.4, 0.5) is 0 Å². The van der Waals surface area contributed by atoms with Crippen molar-refractivity contribution in [1.82, 2.24) is 15.1 Å². The maximum absolute atomic E-state index is 12.3. The summed E-state index contributed by atoms with van der Waals surface area (Å²) in [4.78, 5) is 16.7. The molecule has 19 heavy (non-hydrogen) atoms. The lowest BCUT2D eigenvalue weighted by Gasteiger charge is -2.41. The molecule has 2 atom stereocenters. The van der Waals surface area contributed by atoms with Gasteiger partial charge in [0.25, 0.3) is 0 Å². The predicted octanol–water partition coefficient (Wildman–Crippen LogP) is 0.930. The Morgan fingerprint density at radius 3 is 2.53 bits per heavy atom. The molecule has 0 radical (unpaired) electrons. The molecule has 108 valence electrons. The number of rotatable bonds is 2. The van der Waals surface area contributed by atoms with Gasteiger partial charge in [0, 0.05) is 32.7 Å². The van der Waals surface area contributed by atoms with Crippen molar-refractivity contribution in [3.63, 3.8) is 0 Å². The van der Waals surface area contributed by atoms with E-state index in [1.165, 1.54) is 38.6 Å². The van der Waals surface area contributed by atoms with Crippen LogP contribution in [0.1, 0.15) is 32.1 Å². The number of nitrogens with zero attached hydrogens (tertiary/aromatic N) is 2. The average Bonchev–Trinajstić information content (AvgIpc) is 2.48. The second-order valence-electron chi connectivity index (χ2n) is 6.46. The number of hydrogen-bond acceptors (Lipinski definition) is 3. The number of likely N-dealkylation sites (tertiary alicyclic amines) is 1. The van der Waals surface area contributed by atoms with E-state index in [0.29, 0.717) is 12.5 Å². The fraction of sp³-hybridized carbons (Fsp3) is 0.933. The van der Waals surface area contributed by atoms with Crippen LogP contribution in [0.5, 0.6) is 0 Å². The Bertz CT molecular complexity index is 315. The van der Waals surface area contributed by atoms with E-state index in [4.69, 9.17) is 0 Å². The topological polar surface area (TPSA) is 35.6 Å². The molecule has 3 aliphatic rings. The van der Waals surface area contributed by atoms with E-state index in [-0.39, 0.29) is 0 Å². The molecule has 4 nitrogen and oxygen atoms in total. The molecule has 0 aromatic carbocycles. The Morgan fingerprint density at radius 1 is 1.00 bits per heavy atom. The summed E-state index contributed by atoms with van der Waals surface area (Å²) in [5.74, 6) is 2.17. The van der Waals surface area contributed by atoms with Gasteiger partial charge in [0.05, 0.1) is 6.54 Å². The summed E-state index contributed by atoms with van der Waals surface area (Å²) in [6.07, 6.45) is 6.98. The fourth-order valence-electron chi connectivity index (χ4n) is 4.03. The van der Waals surface area contributed by atoms with Crippen LogP contribution in [0, 0.1) is 11.8 Å². The summed E-state index contributed by atoms with van der Waals surface area (Å²) in [7, 11) is 0. The number of carbonyl (C=O) groups is 1. The molecule has 2 heterocycles. The standard InChI is InChI=1S/C15H27N3O/c19-15(18-9-6-16-7-10-18)12-17-8-5-13-3-1-2-4-14(13)11-17/h13-14,16H,1-12H2. The highest BCUT2D eigenvalue weighted by Crippen LogP contribution is 2.35. The van der Waals surface area contributed by atoms with Gasteiger partial charge in [-0.25, -0.2) is 0 Å². The highest BCUT2D eigenvalue weighted by molar-refractivity contribution is 5.78. The highest BCUT2D eigenvalue weighted by atomic mass is 16.2. The molecule has 1 aliphatic carbocycles. The smallest absolute Gasteiger partial charge is 0.236 e. The quantitative estimate of drug-likeness (QED) is 0.807. The third kappa shape index (κ3) is 3.29. The lowest BCUT2D eigenvalue weighted by molar-refractivity contribution is -0.133. The molecular formula is C15H27N3O. The van der Waals surface area contributed by atoms with Gasteiger partial charge in [0.1, 0.15) is 0 Å². The predicted molar refractivity (Wildman–Crippen MR) is 76.0 cm³/mol. The number of nitrogens with one attached hydrogen (secondary N) is 1. The lowest BCUT2D eigenvalue weighted by Crippen LogP contribution is -2.51. The van der Waals surface area contributed by atoms with E-state index in [0.717, 1.165) is 44.6 Å². The largest absolute Gasteiger partial charge is 0.339 e. The fourth-order valence-corrected chi connectivity index (χ4v) is 4.03. The first-order valence-corrected chi connectivity index (χ1v) is 8.04. The number of piperidine rings is 1. The van der Waals surface area contributed by atoms with Crippen molar-refractivity contribution in [3.8, 4) is 0 Å². The first kappa shape index (κ1) is 13.4. The van der Waals surface area contributed by atoms with Crippen molar-refractivity contribution in [3.05, 3.63) is 0 Å². The summed E-state index contributed by atoms with van der Waals surface area (Å²) >= 11 is 0. The molecule has 2 saturated heterocycles. The average molecular weight is 265 g/mol. The molecule has 3 fully saturated rings. The first-order chi connectivity index (χ1) is 9.33. The van der Waals surface area contributed by atoms with Crippen molar-refractivity contribution in [2.75, 3.05) is 45.8 Å². The van der Waals surface area contributed by atoms with Gasteiger partial charge in [-0.05, 0) is 31.2 Å². The Morgan fingerprint density at radius 2 is 1.74 bits per heavy atom. The number of fused-ring (bicyclic) bond motifs is 1. The van der Waals surface area contributed by atoms with Crippen molar-refractivity contribution < 1.29 is 4.79 Å². The summed E-state index contributed by atoms with van der Waals surface area (Å²) in [6.45, 7) is 6.65. The molecule has 0 spiro atoms. The monoisotopic (exact) mass is 265 g/mol. The van der Waals surface area contributed by atoms with Gasteiger partial charge in [-0.15, -0.1) is 0 Å². The number of carbonyl (C=O) groups excluding carboxylic acids is 1. The molecule has 0 aromatic heterocycles. The third-order valence-electron chi connectivity index (χ3n) is 5.20. The minimum absolute atomic E-state index is 0.343. The van der Waals surface area contributed by atoms with Crippen LogP contribution in [0.25, 0.3) is 0 Å². The van der Waals surface area contributed by atoms with Crippen LogP contribution in [-0.2, 0) is 4.79 Å². The van der Waals surface area contributed by atoms with Crippen LogP contribution < -0.4 is 5.32 Å². The van der Waals surface area contributed by atoms with Crippen molar-refractivity contribution in [2.45, 2.75) is 32.1 Å². The summed E-state index contributed by atoms with van der Waals surface area (Å²) in [5, 5.41) is 3.30. The molecule has 2 aliphatic heterocycles. The van der Waals surface area contributed by atoms with E-state index in [2.05, 4.69) is 10.2 Å².